The Hall–Kier alpha value is -1.95. The molecule has 1 aromatic carbocycles. The highest BCUT2D eigenvalue weighted by atomic mass is 32.2. The van der Waals surface area contributed by atoms with E-state index in [0.717, 1.165) is 5.56 Å². The highest BCUT2D eigenvalue weighted by molar-refractivity contribution is 7.92. The molecule has 0 fully saturated rings. The lowest BCUT2D eigenvalue weighted by Crippen LogP contribution is -2.15. The van der Waals surface area contributed by atoms with Gasteiger partial charge in [0.1, 0.15) is 0 Å². The minimum Gasteiger partial charge on any atom is -0.247 e. The molecule has 0 aliphatic heterocycles. The summed E-state index contributed by atoms with van der Waals surface area (Å²) in [5, 5.41) is 0. The van der Waals surface area contributed by atoms with Crippen molar-refractivity contribution < 1.29 is 8.42 Å². The topological polar surface area (TPSA) is 72.0 Å². The molecule has 1 N–H and O–H groups in total. The van der Waals surface area contributed by atoms with E-state index in [-0.39, 0.29) is 10.8 Å². The maximum Gasteiger partial charge on any atom is 0.264 e. The SMILES string of the molecule is CC(C)c1cnc(NS(=O)(=O)c2ccccc2)nc1. The molecule has 100 valence electrons. The summed E-state index contributed by atoms with van der Waals surface area (Å²) in [6.45, 7) is 4.04. The van der Waals surface area contributed by atoms with Gasteiger partial charge in [0.15, 0.2) is 0 Å². The van der Waals surface area contributed by atoms with Gasteiger partial charge in [0, 0.05) is 12.4 Å². The van der Waals surface area contributed by atoms with E-state index >= 15 is 0 Å². The molecule has 5 nitrogen and oxygen atoms in total. The molecule has 2 rings (SSSR count). The summed E-state index contributed by atoms with van der Waals surface area (Å²) in [6.07, 6.45) is 3.25. The fourth-order valence-electron chi connectivity index (χ4n) is 1.47. The average Bonchev–Trinajstić information content (AvgIpc) is 2.40. The standard InChI is InChI=1S/C13H15N3O2S/c1-10(2)11-8-14-13(15-9-11)16-19(17,18)12-6-4-3-5-7-12/h3-10H,1-2H3,(H,14,15,16). The Bertz CT molecular complexity index is 637. The normalized spacial score (nSPS) is 11.5. The largest absolute Gasteiger partial charge is 0.264 e. The number of rotatable bonds is 4. The molecule has 0 aliphatic carbocycles. The highest BCUT2D eigenvalue weighted by Gasteiger charge is 2.14. The highest BCUT2D eigenvalue weighted by Crippen LogP contribution is 2.15. The summed E-state index contributed by atoms with van der Waals surface area (Å²) in [5.74, 6) is 0.382. The number of nitrogens with zero attached hydrogens (tertiary/aromatic N) is 2. The number of hydrogen-bond acceptors (Lipinski definition) is 4. The fraction of sp³-hybridized carbons (Fsp3) is 0.231. The first-order valence-corrected chi connectivity index (χ1v) is 7.37. The van der Waals surface area contributed by atoms with Crippen LogP contribution < -0.4 is 4.72 Å². The van der Waals surface area contributed by atoms with Crippen LogP contribution in [0, 0.1) is 0 Å². The second-order valence-corrected chi connectivity index (χ2v) is 6.10. The van der Waals surface area contributed by atoms with Crippen molar-refractivity contribution in [2.24, 2.45) is 0 Å². The molecule has 0 aliphatic rings. The van der Waals surface area contributed by atoms with Gasteiger partial charge in [-0.25, -0.2) is 23.1 Å². The summed E-state index contributed by atoms with van der Waals surface area (Å²) in [7, 11) is -3.62. The van der Waals surface area contributed by atoms with E-state index in [4.69, 9.17) is 0 Å². The van der Waals surface area contributed by atoms with Crippen LogP contribution in [0.4, 0.5) is 5.95 Å². The maximum atomic E-state index is 12.0. The van der Waals surface area contributed by atoms with Crippen LogP contribution in [0.1, 0.15) is 25.3 Å². The molecule has 1 heterocycles. The van der Waals surface area contributed by atoms with Gasteiger partial charge in [-0.05, 0) is 23.6 Å². The first-order chi connectivity index (χ1) is 8.99. The smallest absolute Gasteiger partial charge is 0.247 e. The van der Waals surface area contributed by atoms with Gasteiger partial charge in [0.25, 0.3) is 10.0 Å². The van der Waals surface area contributed by atoms with Crippen LogP contribution in [0.15, 0.2) is 47.6 Å². The lowest BCUT2D eigenvalue weighted by molar-refractivity contribution is 0.601. The third-order valence-corrected chi connectivity index (χ3v) is 3.96. The molecule has 0 saturated heterocycles. The Kier molecular flexibility index (Phi) is 3.80. The van der Waals surface area contributed by atoms with Crippen molar-refractivity contribution in [2.45, 2.75) is 24.7 Å². The van der Waals surface area contributed by atoms with Crippen molar-refractivity contribution in [1.82, 2.24) is 9.97 Å². The molecule has 0 atom stereocenters. The number of aromatic nitrogens is 2. The molecule has 2 aromatic rings. The Balaban J connectivity index is 2.21. The van der Waals surface area contributed by atoms with Crippen LogP contribution in [0.25, 0.3) is 0 Å². The molecule has 0 amide bonds. The van der Waals surface area contributed by atoms with Crippen molar-refractivity contribution in [1.29, 1.82) is 0 Å². The molecule has 0 bridgehead atoms. The molecule has 19 heavy (non-hydrogen) atoms. The van der Waals surface area contributed by atoms with Gasteiger partial charge in [-0.2, -0.15) is 0 Å². The Morgan fingerprint density at radius 3 is 2.16 bits per heavy atom. The molecule has 0 spiro atoms. The minimum atomic E-state index is -3.62. The van der Waals surface area contributed by atoms with E-state index < -0.39 is 10.0 Å². The van der Waals surface area contributed by atoms with Crippen molar-refractivity contribution in [3.8, 4) is 0 Å². The zero-order valence-electron chi connectivity index (χ0n) is 10.7. The van der Waals surface area contributed by atoms with E-state index in [9.17, 15) is 8.42 Å². The summed E-state index contributed by atoms with van der Waals surface area (Å²) < 4.78 is 26.4. The quantitative estimate of drug-likeness (QED) is 0.931. The fourth-order valence-corrected chi connectivity index (χ4v) is 2.45. The molecule has 0 radical (unpaired) electrons. The molecule has 0 saturated carbocycles. The number of sulfonamides is 1. The second kappa shape index (κ2) is 5.36. The first kappa shape index (κ1) is 13.5. The monoisotopic (exact) mass is 277 g/mol. The zero-order valence-corrected chi connectivity index (χ0v) is 11.6. The van der Waals surface area contributed by atoms with E-state index in [1.807, 2.05) is 13.8 Å². The molecular weight excluding hydrogens is 262 g/mol. The Labute approximate surface area is 112 Å². The zero-order chi connectivity index (χ0) is 13.9. The lowest BCUT2D eigenvalue weighted by Gasteiger charge is -2.08. The Morgan fingerprint density at radius 1 is 1.05 bits per heavy atom. The van der Waals surface area contributed by atoms with Crippen LogP contribution in [-0.4, -0.2) is 18.4 Å². The molecule has 1 aromatic heterocycles. The molecular formula is C13H15N3O2S. The predicted molar refractivity (Wildman–Crippen MR) is 73.4 cm³/mol. The van der Waals surface area contributed by atoms with E-state index in [2.05, 4.69) is 14.7 Å². The Morgan fingerprint density at radius 2 is 1.63 bits per heavy atom. The number of nitrogens with one attached hydrogen (secondary N) is 1. The average molecular weight is 277 g/mol. The van der Waals surface area contributed by atoms with Crippen LogP contribution in [0.2, 0.25) is 0 Å². The van der Waals surface area contributed by atoms with Crippen molar-refractivity contribution in [3.05, 3.63) is 48.3 Å². The van der Waals surface area contributed by atoms with Gasteiger partial charge >= 0.3 is 0 Å². The van der Waals surface area contributed by atoms with Crippen molar-refractivity contribution >= 4 is 16.0 Å². The van der Waals surface area contributed by atoms with Crippen LogP contribution in [-0.2, 0) is 10.0 Å². The van der Waals surface area contributed by atoms with Gasteiger partial charge in [0.2, 0.25) is 5.95 Å². The van der Waals surface area contributed by atoms with Gasteiger partial charge in [-0.1, -0.05) is 32.0 Å². The summed E-state index contributed by atoms with van der Waals surface area (Å²) in [6, 6.07) is 8.12. The number of anilines is 1. The third-order valence-electron chi connectivity index (χ3n) is 2.62. The maximum absolute atomic E-state index is 12.0. The number of hydrogen-bond donors (Lipinski definition) is 1. The predicted octanol–water partition coefficient (Wildman–Crippen LogP) is 2.40. The van der Waals surface area contributed by atoms with Gasteiger partial charge in [-0.3, -0.25) is 0 Å². The van der Waals surface area contributed by atoms with E-state index in [1.165, 1.54) is 12.1 Å². The van der Waals surface area contributed by atoms with Crippen LogP contribution in [0.5, 0.6) is 0 Å². The van der Waals surface area contributed by atoms with Gasteiger partial charge in [0.05, 0.1) is 4.90 Å². The summed E-state index contributed by atoms with van der Waals surface area (Å²) in [4.78, 5) is 8.21. The lowest BCUT2D eigenvalue weighted by atomic mass is 10.1. The van der Waals surface area contributed by atoms with Gasteiger partial charge < -0.3 is 0 Å². The van der Waals surface area contributed by atoms with E-state index in [1.54, 1.807) is 30.6 Å². The number of benzene rings is 1. The summed E-state index contributed by atoms with van der Waals surface area (Å²) in [5.41, 5.74) is 0.961. The van der Waals surface area contributed by atoms with E-state index in [0.29, 0.717) is 5.92 Å². The van der Waals surface area contributed by atoms with Crippen molar-refractivity contribution in [3.63, 3.8) is 0 Å². The van der Waals surface area contributed by atoms with Crippen LogP contribution in [0.3, 0.4) is 0 Å². The molecule has 6 heteroatoms. The van der Waals surface area contributed by atoms with Gasteiger partial charge in [-0.15, -0.1) is 0 Å². The summed E-state index contributed by atoms with van der Waals surface area (Å²) >= 11 is 0. The van der Waals surface area contributed by atoms with Crippen molar-refractivity contribution in [2.75, 3.05) is 4.72 Å². The minimum absolute atomic E-state index is 0.0771. The third kappa shape index (κ3) is 3.29. The first-order valence-electron chi connectivity index (χ1n) is 5.89. The van der Waals surface area contributed by atoms with Crippen LogP contribution >= 0.6 is 0 Å². The second-order valence-electron chi connectivity index (χ2n) is 4.41. The molecule has 0 unspecified atom stereocenters.